The van der Waals surface area contributed by atoms with Crippen LogP contribution >= 0.6 is 0 Å². The molecule has 3 nitrogen and oxygen atoms in total. The van der Waals surface area contributed by atoms with Gasteiger partial charge in [0.05, 0.1) is 6.04 Å². The minimum Gasteiger partial charge on any atom is -0.338 e. The lowest BCUT2D eigenvalue weighted by Crippen LogP contribution is -2.47. The number of likely N-dealkylation sites (tertiary alicyclic amines) is 1. The molecular weight excluding hydrogens is 188 g/mol. The first-order chi connectivity index (χ1) is 7.20. The van der Waals surface area contributed by atoms with Crippen LogP contribution in [0.15, 0.2) is 0 Å². The van der Waals surface area contributed by atoms with E-state index in [9.17, 15) is 4.79 Å². The van der Waals surface area contributed by atoms with Crippen molar-refractivity contribution in [3.05, 3.63) is 0 Å². The number of carbonyl (C=O) groups excluding carboxylic acids is 1. The Morgan fingerprint density at radius 3 is 2.73 bits per heavy atom. The number of hydrogen-bond donors (Lipinski definition) is 1. The molecule has 1 N–H and O–H groups in total. The molecule has 0 aromatic rings. The maximum absolute atomic E-state index is 12.2. The number of nitrogens with one attached hydrogen (secondary N) is 1. The van der Waals surface area contributed by atoms with Crippen molar-refractivity contribution in [2.75, 3.05) is 13.1 Å². The molecule has 2 saturated heterocycles. The summed E-state index contributed by atoms with van der Waals surface area (Å²) in [6.45, 7) is 6.42. The zero-order valence-electron chi connectivity index (χ0n) is 9.83. The first-order valence-corrected chi connectivity index (χ1v) is 6.24. The number of rotatable bonds is 2. The van der Waals surface area contributed by atoms with Gasteiger partial charge in [-0.15, -0.1) is 0 Å². The molecule has 1 amide bonds. The van der Waals surface area contributed by atoms with Crippen LogP contribution < -0.4 is 5.32 Å². The fraction of sp³-hybridized carbons (Fsp3) is 0.917. The van der Waals surface area contributed by atoms with E-state index in [0.29, 0.717) is 17.9 Å². The summed E-state index contributed by atoms with van der Waals surface area (Å²) in [5.41, 5.74) is 0. The Balaban J connectivity index is 1.99. The summed E-state index contributed by atoms with van der Waals surface area (Å²) < 4.78 is 0. The summed E-state index contributed by atoms with van der Waals surface area (Å²) in [6.07, 6.45) is 4.55. The van der Waals surface area contributed by atoms with Crippen LogP contribution in [0.5, 0.6) is 0 Å². The molecule has 0 spiro atoms. The van der Waals surface area contributed by atoms with E-state index in [2.05, 4.69) is 24.1 Å². The third kappa shape index (κ3) is 2.17. The van der Waals surface area contributed by atoms with Crippen LogP contribution in [0.3, 0.4) is 0 Å². The largest absolute Gasteiger partial charge is 0.338 e. The van der Waals surface area contributed by atoms with Crippen LogP contribution in [-0.2, 0) is 4.79 Å². The maximum atomic E-state index is 12.2. The Kier molecular flexibility index (Phi) is 3.29. The van der Waals surface area contributed by atoms with Crippen LogP contribution in [0.25, 0.3) is 0 Å². The van der Waals surface area contributed by atoms with E-state index in [0.717, 1.165) is 25.9 Å². The average molecular weight is 210 g/mol. The van der Waals surface area contributed by atoms with E-state index in [4.69, 9.17) is 0 Å². The third-order valence-electron chi connectivity index (χ3n) is 3.71. The van der Waals surface area contributed by atoms with Gasteiger partial charge < -0.3 is 10.2 Å². The van der Waals surface area contributed by atoms with E-state index in [1.54, 1.807) is 0 Å². The van der Waals surface area contributed by atoms with Gasteiger partial charge in [-0.2, -0.15) is 0 Å². The minimum absolute atomic E-state index is 0.115. The van der Waals surface area contributed by atoms with Crippen molar-refractivity contribution >= 4 is 5.91 Å². The Bertz CT molecular complexity index is 234. The fourth-order valence-corrected chi connectivity index (χ4v) is 2.85. The van der Waals surface area contributed by atoms with Crippen molar-refractivity contribution in [2.45, 2.75) is 51.6 Å². The average Bonchev–Trinajstić information content (AvgIpc) is 2.88. The predicted octanol–water partition coefficient (Wildman–Crippen LogP) is 1.39. The van der Waals surface area contributed by atoms with Crippen LogP contribution in [0.1, 0.15) is 39.5 Å². The van der Waals surface area contributed by atoms with Crippen molar-refractivity contribution in [1.82, 2.24) is 10.2 Å². The summed E-state index contributed by atoms with van der Waals surface area (Å²) in [4.78, 5) is 14.3. The van der Waals surface area contributed by atoms with Crippen molar-refractivity contribution in [1.29, 1.82) is 0 Å². The fourth-order valence-electron chi connectivity index (χ4n) is 2.85. The highest BCUT2D eigenvalue weighted by Crippen LogP contribution is 2.25. The Morgan fingerprint density at radius 2 is 2.13 bits per heavy atom. The monoisotopic (exact) mass is 210 g/mol. The van der Waals surface area contributed by atoms with Crippen molar-refractivity contribution in [3.63, 3.8) is 0 Å². The highest BCUT2D eigenvalue weighted by Gasteiger charge is 2.35. The molecule has 2 aliphatic heterocycles. The van der Waals surface area contributed by atoms with Crippen molar-refractivity contribution < 1.29 is 4.79 Å². The summed E-state index contributed by atoms with van der Waals surface area (Å²) >= 11 is 0. The first kappa shape index (κ1) is 10.9. The SMILES string of the molecule is CC(C)C1CCCN1C(=O)[C@@H]1CCCN1. The van der Waals surface area contributed by atoms with Gasteiger partial charge >= 0.3 is 0 Å². The molecule has 2 heterocycles. The molecule has 15 heavy (non-hydrogen) atoms. The quantitative estimate of drug-likeness (QED) is 0.747. The topological polar surface area (TPSA) is 32.3 Å². The summed E-state index contributed by atoms with van der Waals surface area (Å²) in [6, 6.07) is 0.601. The van der Waals surface area contributed by atoms with Gasteiger partial charge in [-0.25, -0.2) is 0 Å². The van der Waals surface area contributed by atoms with Crippen LogP contribution in [-0.4, -0.2) is 36.0 Å². The van der Waals surface area contributed by atoms with Gasteiger partial charge in [0.25, 0.3) is 0 Å². The van der Waals surface area contributed by atoms with E-state index in [-0.39, 0.29) is 6.04 Å². The molecule has 2 atom stereocenters. The highest BCUT2D eigenvalue weighted by atomic mass is 16.2. The Morgan fingerprint density at radius 1 is 1.33 bits per heavy atom. The summed E-state index contributed by atoms with van der Waals surface area (Å²) in [5, 5.41) is 3.30. The normalized spacial score (nSPS) is 31.5. The molecular formula is C12H22N2O. The van der Waals surface area contributed by atoms with Gasteiger partial charge in [0.1, 0.15) is 0 Å². The van der Waals surface area contributed by atoms with Gasteiger partial charge in [0, 0.05) is 12.6 Å². The molecule has 2 aliphatic rings. The Labute approximate surface area is 92.2 Å². The van der Waals surface area contributed by atoms with E-state index in [1.807, 2.05) is 0 Å². The van der Waals surface area contributed by atoms with Gasteiger partial charge in [-0.05, 0) is 38.1 Å². The van der Waals surface area contributed by atoms with Gasteiger partial charge in [0.15, 0.2) is 0 Å². The van der Waals surface area contributed by atoms with Crippen molar-refractivity contribution in [3.8, 4) is 0 Å². The molecule has 0 aromatic heterocycles. The summed E-state index contributed by atoms with van der Waals surface area (Å²) in [5.74, 6) is 0.946. The number of amides is 1. The molecule has 86 valence electrons. The molecule has 0 saturated carbocycles. The maximum Gasteiger partial charge on any atom is 0.239 e. The number of carbonyl (C=O) groups is 1. The van der Waals surface area contributed by atoms with Crippen LogP contribution in [0.2, 0.25) is 0 Å². The van der Waals surface area contributed by atoms with E-state index in [1.165, 1.54) is 12.8 Å². The molecule has 2 fully saturated rings. The third-order valence-corrected chi connectivity index (χ3v) is 3.71. The second-order valence-corrected chi connectivity index (χ2v) is 5.13. The van der Waals surface area contributed by atoms with Crippen LogP contribution in [0.4, 0.5) is 0 Å². The van der Waals surface area contributed by atoms with Gasteiger partial charge in [-0.3, -0.25) is 4.79 Å². The second kappa shape index (κ2) is 4.52. The first-order valence-electron chi connectivity index (χ1n) is 6.24. The predicted molar refractivity (Wildman–Crippen MR) is 60.6 cm³/mol. The lowest BCUT2D eigenvalue weighted by Gasteiger charge is -2.30. The van der Waals surface area contributed by atoms with Crippen molar-refractivity contribution in [2.24, 2.45) is 5.92 Å². The van der Waals surface area contributed by atoms with Crippen LogP contribution in [0, 0.1) is 5.92 Å². The lowest BCUT2D eigenvalue weighted by molar-refractivity contribution is -0.134. The molecule has 0 bridgehead atoms. The Hall–Kier alpha value is -0.570. The highest BCUT2D eigenvalue weighted by molar-refractivity contribution is 5.82. The standard InChI is InChI=1S/C12H22N2O/c1-9(2)11-6-4-8-14(11)12(15)10-5-3-7-13-10/h9-11,13H,3-8H2,1-2H3/t10-,11?/m0/s1. The van der Waals surface area contributed by atoms with Gasteiger partial charge in [0.2, 0.25) is 5.91 Å². The molecule has 3 heteroatoms. The lowest BCUT2D eigenvalue weighted by atomic mass is 10.0. The number of nitrogens with zero attached hydrogens (tertiary/aromatic N) is 1. The van der Waals surface area contributed by atoms with Gasteiger partial charge in [-0.1, -0.05) is 13.8 Å². The molecule has 2 rings (SSSR count). The number of hydrogen-bond acceptors (Lipinski definition) is 2. The molecule has 0 aliphatic carbocycles. The molecule has 1 unspecified atom stereocenters. The smallest absolute Gasteiger partial charge is 0.239 e. The summed E-state index contributed by atoms with van der Waals surface area (Å²) in [7, 11) is 0. The van der Waals surface area contributed by atoms with E-state index < -0.39 is 0 Å². The zero-order valence-corrected chi connectivity index (χ0v) is 9.83. The minimum atomic E-state index is 0.115. The zero-order chi connectivity index (χ0) is 10.8. The molecule has 0 aromatic carbocycles. The van der Waals surface area contributed by atoms with E-state index >= 15 is 0 Å². The second-order valence-electron chi connectivity index (χ2n) is 5.13. The molecule has 0 radical (unpaired) electrons.